The normalized spacial score (nSPS) is 19.8. The van der Waals surface area contributed by atoms with Crippen molar-refractivity contribution in [3.8, 4) is 0 Å². The summed E-state index contributed by atoms with van der Waals surface area (Å²) in [6, 6.07) is 2.18. The minimum atomic E-state index is 0.361. The van der Waals surface area contributed by atoms with Crippen molar-refractivity contribution in [1.29, 1.82) is 0 Å². The van der Waals surface area contributed by atoms with E-state index in [-0.39, 0.29) is 0 Å². The van der Waals surface area contributed by atoms with Crippen LogP contribution in [0.1, 0.15) is 31.2 Å². The highest BCUT2D eigenvalue weighted by atomic mass is 35.5. The molecule has 0 N–H and O–H groups in total. The largest absolute Gasteiger partial charge is 0.152 e. The molecule has 0 spiro atoms. The van der Waals surface area contributed by atoms with E-state index in [1.165, 1.54) is 31.2 Å². The molecule has 13 heavy (non-hydrogen) atoms. The minimum Gasteiger partial charge on any atom is -0.152 e. The Morgan fingerprint density at radius 1 is 1.54 bits per heavy atom. The molecule has 1 aliphatic rings. The van der Waals surface area contributed by atoms with Gasteiger partial charge in [-0.05, 0) is 41.1 Å². The lowest BCUT2D eigenvalue weighted by molar-refractivity contribution is 0.292. The Kier molecular flexibility index (Phi) is 3.28. The molecule has 0 saturated heterocycles. The molecule has 0 aromatic carbocycles. The average molecular weight is 215 g/mol. The Bertz CT molecular complexity index is 239. The van der Waals surface area contributed by atoms with E-state index in [1.54, 1.807) is 11.3 Å². The van der Waals surface area contributed by atoms with Crippen molar-refractivity contribution in [2.45, 2.75) is 37.5 Å². The summed E-state index contributed by atoms with van der Waals surface area (Å²) in [5.74, 6) is 0.932. The third-order valence-corrected chi connectivity index (χ3v) is 3.92. The van der Waals surface area contributed by atoms with Gasteiger partial charge in [-0.15, -0.1) is 11.6 Å². The maximum absolute atomic E-state index is 6.28. The van der Waals surface area contributed by atoms with Gasteiger partial charge < -0.3 is 0 Å². The lowest BCUT2D eigenvalue weighted by Crippen LogP contribution is -2.17. The lowest BCUT2D eigenvalue weighted by Gasteiger charge is -2.27. The molecule has 1 atom stereocenters. The molecule has 1 aromatic heterocycles. The molecule has 1 saturated carbocycles. The number of alkyl halides is 1. The topological polar surface area (TPSA) is 0 Å². The summed E-state index contributed by atoms with van der Waals surface area (Å²) in [6.45, 7) is 0. The summed E-state index contributed by atoms with van der Waals surface area (Å²) in [7, 11) is 0. The van der Waals surface area contributed by atoms with E-state index in [4.69, 9.17) is 11.6 Å². The van der Waals surface area contributed by atoms with Gasteiger partial charge in [-0.1, -0.05) is 19.3 Å². The maximum Gasteiger partial charge on any atom is 0.0379 e. The molecule has 1 aliphatic carbocycles. The van der Waals surface area contributed by atoms with Crippen LogP contribution in [0.25, 0.3) is 0 Å². The predicted octanol–water partition coefficient (Wildman–Crippen LogP) is 4.09. The monoisotopic (exact) mass is 214 g/mol. The number of rotatable bonds is 4. The van der Waals surface area contributed by atoms with Gasteiger partial charge in [0.25, 0.3) is 0 Å². The zero-order chi connectivity index (χ0) is 9.10. The fourth-order valence-electron chi connectivity index (χ4n) is 1.84. The highest BCUT2D eigenvalue weighted by molar-refractivity contribution is 7.07. The van der Waals surface area contributed by atoms with Crippen LogP contribution in [0.5, 0.6) is 0 Å². The molecule has 1 heterocycles. The first-order valence-electron chi connectivity index (χ1n) is 5.00. The molecular formula is C11H15ClS. The van der Waals surface area contributed by atoms with Crippen LogP contribution in [0.15, 0.2) is 16.8 Å². The van der Waals surface area contributed by atoms with Crippen molar-refractivity contribution in [1.82, 2.24) is 0 Å². The van der Waals surface area contributed by atoms with Crippen LogP contribution >= 0.6 is 22.9 Å². The van der Waals surface area contributed by atoms with Crippen molar-refractivity contribution in [3.63, 3.8) is 0 Å². The quantitative estimate of drug-likeness (QED) is 0.663. The molecular weight excluding hydrogens is 200 g/mol. The van der Waals surface area contributed by atoms with E-state index in [1.807, 2.05) is 0 Å². The summed E-state index contributed by atoms with van der Waals surface area (Å²) in [5, 5.41) is 4.69. The van der Waals surface area contributed by atoms with Crippen molar-refractivity contribution < 1.29 is 0 Å². The van der Waals surface area contributed by atoms with Crippen molar-refractivity contribution in [2.24, 2.45) is 5.92 Å². The smallest absolute Gasteiger partial charge is 0.0379 e. The molecule has 1 unspecified atom stereocenters. The van der Waals surface area contributed by atoms with Crippen LogP contribution in [-0.2, 0) is 6.42 Å². The van der Waals surface area contributed by atoms with Crippen LogP contribution in [-0.4, -0.2) is 5.38 Å². The van der Waals surface area contributed by atoms with E-state index < -0.39 is 0 Å². The van der Waals surface area contributed by atoms with Gasteiger partial charge in [0, 0.05) is 5.38 Å². The SMILES string of the molecule is ClC(Cc1ccsc1)CC1CCC1. The van der Waals surface area contributed by atoms with E-state index in [0.29, 0.717) is 5.38 Å². The van der Waals surface area contributed by atoms with Gasteiger partial charge in [0.15, 0.2) is 0 Å². The number of hydrogen-bond donors (Lipinski definition) is 0. The zero-order valence-electron chi connectivity index (χ0n) is 7.71. The maximum atomic E-state index is 6.28. The molecule has 2 rings (SSSR count). The molecule has 0 nitrogen and oxygen atoms in total. The molecule has 0 amide bonds. The number of hydrogen-bond acceptors (Lipinski definition) is 1. The third-order valence-electron chi connectivity index (χ3n) is 2.85. The molecule has 1 aromatic rings. The van der Waals surface area contributed by atoms with E-state index in [0.717, 1.165) is 12.3 Å². The molecule has 0 bridgehead atoms. The zero-order valence-corrected chi connectivity index (χ0v) is 9.28. The minimum absolute atomic E-state index is 0.361. The Morgan fingerprint density at radius 2 is 2.38 bits per heavy atom. The van der Waals surface area contributed by atoms with Crippen LogP contribution in [0.3, 0.4) is 0 Å². The van der Waals surface area contributed by atoms with Gasteiger partial charge in [-0.3, -0.25) is 0 Å². The van der Waals surface area contributed by atoms with Crippen molar-refractivity contribution in [2.75, 3.05) is 0 Å². The average Bonchev–Trinajstić information content (AvgIpc) is 2.49. The second-order valence-electron chi connectivity index (χ2n) is 3.97. The highest BCUT2D eigenvalue weighted by Gasteiger charge is 2.20. The standard InChI is InChI=1S/C11H15ClS/c12-11(6-9-2-1-3-9)7-10-4-5-13-8-10/h4-5,8-9,11H,1-3,6-7H2. The second kappa shape index (κ2) is 4.47. The number of halogens is 1. The van der Waals surface area contributed by atoms with Gasteiger partial charge in [0.1, 0.15) is 0 Å². The van der Waals surface area contributed by atoms with Crippen LogP contribution < -0.4 is 0 Å². The molecule has 0 aliphatic heterocycles. The second-order valence-corrected chi connectivity index (χ2v) is 5.36. The molecule has 0 radical (unpaired) electrons. The van der Waals surface area contributed by atoms with Crippen LogP contribution in [0.4, 0.5) is 0 Å². The van der Waals surface area contributed by atoms with Crippen molar-refractivity contribution >= 4 is 22.9 Å². The molecule has 1 fully saturated rings. The van der Waals surface area contributed by atoms with E-state index >= 15 is 0 Å². The summed E-state index contributed by atoms with van der Waals surface area (Å²) < 4.78 is 0. The Balaban J connectivity index is 1.74. The molecule has 2 heteroatoms. The van der Waals surface area contributed by atoms with Crippen LogP contribution in [0.2, 0.25) is 0 Å². The lowest BCUT2D eigenvalue weighted by atomic mass is 9.81. The number of thiophene rings is 1. The third kappa shape index (κ3) is 2.72. The Hall–Kier alpha value is -0.0100. The van der Waals surface area contributed by atoms with Gasteiger partial charge in [0.05, 0.1) is 0 Å². The summed E-state index contributed by atoms with van der Waals surface area (Å²) >= 11 is 8.05. The van der Waals surface area contributed by atoms with Gasteiger partial charge in [0.2, 0.25) is 0 Å². The van der Waals surface area contributed by atoms with Gasteiger partial charge in [-0.2, -0.15) is 11.3 Å². The van der Waals surface area contributed by atoms with Crippen LogP contribution in [0, 0.1) is 5.92 Å². The summed E-state index contributed by atoms with van der Waals surface area (Å²) in [5.41, 5.74) is 1.41. The van der Waals surface area contributed by atoms with Crippen molar-refractivity contribution in [3.05, 3.63) is 22.4 Å². The first-order chi connectivity index (χ1) is 6.34. The highest BCUT2D eigenvalue weighted by Crippen LogP contribution is 2.32. The predicted molar refractivity (Wildman–Crippen MR) is 59.6 cm³/mol. The van der Waals surface area contributed by atoms with Gasteiger partial charge in [-0.25, -0.2) is 0 Å². The fraction of sp³-hybridized carbons (Fsp3) is 0.636. The van der Waals surface area contributed by atoms with Gasteiger partial charge >= 0.3 is 0 Å². The fourth-order valence-corrected chi connectivity index (χ4v) is 2.95. The Labute approximate surface area is 88.9 Å². The first-order valence-corrected chi connectivity index (χ1v) is 6.37. The molecule has 72 valence electrons. The van der Waals surface area contributed by atoms with E-state index in [2.05, 4.69) is 16.8 Å². The Morgan fingerprint density at radius 3 is 2.92 bits per heavy atom. The first kappa shape index (κ1) is 9.54. The summed E-state index contributed by atoms with van der Waals surface area (Å²) in [4.78, 5) is 0. The summed E-state index contributed by atoms with van der Waals surface area (Å²) in [6.07, 6.45) is 6.52. The van der Waals surface area contributed by atoms with E-state index in [9.17, 15) is 0 Å².